The number of ether oxygens (including phenoxy) is 1. The minimum absolute atomic E-state index is 0.156. The first-order valence-electron chi connectivity index (χ1n) is 6.56. The molecule has 19 heavy (non-hydrogen) atoms. The average molecular weight is 262 g/mol. The molecule has 0 spiro atoms. The van der Waals surface area contributed by atoms with Crippen LogP contribution in [0.4, 0.5) is 5.95 Å². The van der Waals surface area contributed by atoms with Crippen LogP contribution in [0.25, 0.3) is 5.65 Å². The molecule has 2 aromatic heterocycles. The molecule has 0 aliphatic rings. The van der Waals surface area contributed by atoms with E-state index in [0.717, 1.165) is 25.2 Å². The van der Waals surface area contributed by atoms with Gasteiger partial charge in [-0.3, -0.25) is 0 Å². The molecule has 0 saturated carbocycles. The van der Waals surface area contributed by atoms with Gasteiger partial charge >= 0.3 is 0 Å². The zero-order valence-corrected chi connectivity index (χ0v) is 12.1. The molecule has 0 fully saturated rings. The van der Waals surface area contributed by atoms with Crippen molar-refractivity contribution in [2.45, 2.75) is 27.2 Å². The maximum atomic E-state index is 5.13. The van der Waals surface area contributed by atoms with Crippen LogP contribution in [0.2, 0.25) is 0 Å². The lowest BCUT2D eigenvalue weighted by Gasteiger charge is -2.23. The first-order chi connectivity index (χ1) is 9.00. The molecule has 2 rings (SSSR count). The van der Waals surface area contributed by atoms with Crippen LogP contribution in [0.5, 0.6) is 0 Å². The van der Waals surface area contributed by atoms with Gasteiger partial charge in [0, 0.05) is 26.5 Å². The highest BCUT2D eigenvalue weighted by molar-refractivity contribution is 5.45. The minimum atomic E-state index is 0.156. The van der Waals surface area contributed by atoms with E-state index in [4.69, 9.17) is 4.74 Å². The van der Waals surface area contributed by atoms with Crippen molar-refractivity contribution in [2.75, 3.05) is 25.6 Å². The van der Waals surface area contributed by atoms with Gasteiger partial charge in [-0.25, -0.2) is 4.52 Å². The molecular formula is C14H22N4O. The monoisotopic (exact) mass is 262 g/mol. The predicted molar refractivity (Wildman–Crippen MR) is 76.5 cm³/mol. The van der Waals surface area contributed by atoms with Gasteiger partial charge in [-0.15, -0.1) is 5.10 Å². The Bertz CT molecular complexity index is 547. The Morgan fingerprint density at radius 1 is 1.42 bits per heavy atom. The summed E-state index contributed by atoms with van der Waals surface area (Å²) in [7, 11) is 1.73. The molecule has 0 aliphatic heterocycles. The molecule has 5 heteroatoms. The van der Waals surface area contributed by atoms with Crippen LogP contribution in [0.1, 0.15) is 25.8 Å². The molecule has 2 heterocycles. The van der Waals surface area contributed by atoms with Gasteiger partial charge in [0.15, 0.2) is 5.65 Å². The number of aryl methyl sites for hydroxylation is 1. The van der Waals surface area contributed by atoms with Crippen molar-refractivity contribution >= 4 is 11.6 Å². The standard InChI is InChI=1S/C14H22N4O/c1-11-5-7-18-12(9-11)16-13(17-18)15-10-14(2,3)6-8-19-4/h5,7,9H,6,8,10H2,1-4H3,(H,15,17). The second-order valence-electron chi connectivity index (χ2n) is 5.70. The summed E-state index contributed by atoms with van der Waals surface area (Å²) in [5.74, 6) is 0.677. The predicted octanol–water partition coefficient (Wildman–Crippen LogP) is 2.51. The summed E-state index contributed by atoms with van der Waals surface area (Å²) >= 11 is 0. The van der Waals surface area contributed by atoms with Crippen LogP contribution in [0.15, 0.2) is 18.3 Å². The Labute approximate surface area is 114 Å². The largest absolute Gasteiger partial charge is 0.385 e. The van der Waals surface area contributed by atoms with Crippen LogP contribution in [-0.4, -0.2) is 34.9 Å². The highest BCUT2D eigenvalue weighted by atomic mass is 16.5. The van der Waals surface area contributed by atoms with Crippen molar-refractivity contribution in [3.8, 4) is 0 Å². The summed E-state index contributed by atoms with van der Waals surface area (Å²) in [6, 6.07) is 4.04. The summed E-state index contributed by atoms with van der Waals surface area (Å²) in [5, 5.41) is 7.70. The minimum Gasteiger partial charge on any atom is -0.385 e. The van der Waals surface area contributed by atoms with Gasteiger partial charge in [-0.2, -0.15) is 4.98 Å². The molecule has 0 bridgehead atoms. The molecule has 0 aromatic carbocycles. The number of methoxy groups -OCH3 is 1. The third kappa shape index (κ3) is 3.67. The molecule has 0 radical (unpaired) electrons. The number of anilines is 1. The van der Waals surface area contributed by atoms with Crippen molar-refractivity contribution in [3.63, 3.8) is 0 Å². The topological polar surface area (TPSA) is 51.5 Å². The summed E-state index contributed by atoms with van der Waals surface area (Å²) in [6.45, 7) is 8.06. The summed E-state index contributed by atoms with van der Waals surface area (Å²) in [4.78, 5) is 4.47. The van der Waals surface area contributed by atoms with E-state index >= 15 is 0 Å². The van der Waals surface area contributed by atoms with Crippen LogP contribution < -0.4 is 5.32 Å². The van der Waals surface area contributed by atoms with Gasteiger partial charge < -0.3 is 10.1 Å². The van der Waals surface area contributed by atoms with Crippen molar-refractivity contribution in [1.82, 2.24) is 14.6 Å². The summed E-state index contributed by atoms with van der Waals surface area (Å²) < 4.78 is 6.92. The highest BCUT2D eigenvalue weighted by Gasteiger charge is 2.18. The fourth-order valence-electron chi connectivity index (χ4n) is 1.84. The third-order valence-corrected chi connectivity index (χ3v) is 3.20. The van der Waals surface area contributed by atoms with E-state index in [1.165, 1.54) is 5.56 Å². The molecule has 0 atom stereocenters. The van der Waals surface area contributed by atoms with Crippen molar-refractivity contribution in [3.05, 3.63) is 23.9 Å². The van der Waals surface area contributed by atoms with E-state index in [0.29, 0.717) is 5.95 Å². The number of hydrogen-bond acceptors (Lipinski definition) is 4. The van der Waals surface area contributed by atoms with Gasteiger partial charge in [-0.05, 0) is 36.5 Å². The van der Waals surface area contributed by atoms with E-state index in [1.54, 1.807) is 11.6 Å². The molecule has 0 aliphatic carbocycles. The van der Waals surface area contributed by atoms with Crippen LogP contribution >= 0.6 is 0 Å². The van der Waals surface area contributed by atoms with Crippen molar-refractivity contribution < 1.29 is 4.74 Å². The quantitative estimate of drug-likeness (QED) is 0.869. The van der Waals surface area contributed by atoms with Gasteiger partial charge in [-0.1, -0.05) is 13.8 Å². The molecule has 0 saturated heterocycles. The Hall–Kier alpha value is -1.62. The Balaban J connectivity index is 2.01. The van der Waals surface area contributed by atoms with Crippen molar-refractivity contribution in [1.29, 1.82) is 0 Å². The van der Waals surface area contributed by atoms with Crippen LogP contribution in [-0.2, 0) is 4.74 Å². The summed E-state index contributed by atoms with van der Waals surface area (Å²) in [6.07, 6.45) is 2.93. The molecule has 5 nitrogen and oxygen atoms in total. The first-order valence-corrected chi connectivity index (χ1v) is 6.56. The molecule has 104 valence electrons. The van der Waals surface area contributed by atoms with E-state index in [-0.39, 0.29) is 5.41 Å². The lowest BCUT2D eigenvalue weighted by molar-refractivity contribution is 0.157. The molecule has 1 N–H and O–H groups in total. The van der Waals surface area contributed by atoms with Gasteiger partial charge in [0.05, 0.1) is 0 Å². The Morgan fingerprint density at radius 3 is 2.95 bits per heavy atom. The van der Waals surface area contributed by atoms with Gasteiger partial charge in [0.1, 0.15) is 0 Å². The third-order valence-electron chi connectivity index (χ3n) is 3.20. The Morgan fingerprint density at radius 2 is 2.21 bits per heavy atom. The molecule has 0 unspecified atom stereocenters. The second-order valence-corrected chi connectivity index (χ2v) is 5.70. The SMILES string of the molecule is COCCC(C)(C)CNc1nc2cc(C)ccn2n1. The van der Waals surface area contributed by atoms with Crippen molar-refractivity contribution in [2.24, 2.45) is 5.41 Å². The van der Waals surface area contributed by atoms with E-state index in [2.05, 4.69) is 36.2 Å². The molecule has 2 aromatic rings. The fourth-order valence-corrected chi connectivity index (χ4v) is 1.84. The van der Waals surface area contributed by atoms with Crippen LogP contribution in [0, 0.1) is 12.3 Å². The second kappa shape index (κ2) is 5.57. The number of rotatable bonds is 6. The smallest absolute Gasteiger partial charge is 0.243 e. The van der Waals surface area contributed by atoms with E-state index < -0.39 is 0 Å². The number of nitrogens with one attached hydrogen (secondary N) is 1. The summed E-state index contributed by atoms with van der Waals surface area (Å²) in [5.41, 5.74) is 2.22. The van der Waals surface area contributed by atoms with Gasteiger partial charge in [0.25, 0.3) is 0 Å². The number of pyridine rings is 1. The van der Waals surface area contributed by atoms with Crippen LogP contribution in [0.3, 0.4) is 0 Å². The normalized spacial score (nSPS) is 12.0. The number of nitrogens with zero attached hydrogens (tertiary/aromatic N) is 3. The molecule has 0 amide bonds. The highest BCUT2D eigenvalue weighted by Crippen LogP contribution is 2.20. The van der Waals surface area contributed by atoms with E-state index in [9.17, 15) is 0 Å². The first kappa shape index (κ1) is 13.8. The zero-order chi connectivity index (χ0) is 13.9. The van der Waals surface area contributed by atoms with E-state index in [1.807, 2.05) is 18.3 Å². The average Bonchev–Trinajstić information content (AvgIpc) is 2.76. The molecular weight excluding hydrogens is 240 g/mol. The zero-order valence-electron chi connectivity index (χ0n) is 12.1. The number of aromatic nitrogens is 3. The number of hydrogen-bond donors (Lipinski definition) is 1. The fraction of sp³-hybridized carbons (Fsp3) is 0.571. The van der Waals surface area contributed by atoms with Gasteiger partial charge in [0.2, 0.25) is 5.95 Å². The number of fused-ring (bicyclic) bond motifs is 1. The maximum absolute atomic E-state index is 5.13. The lowest BCUT2D eigenvalue weighted by Crippen LogP contribution is -2.25. The Kier molecular flexibility index (Phi) is 4.04. The maximum Gasteiger partial charge on any atom is 0.243 e. The lowest BCUT2D eigenvalue weighted by atomic mass is 9.90.